The summed E-state index contributed by atoms with van der Waals surface area (Å²) in [5, 5.41) is 8.83. The normalized spacial score (nSPS) is 20.4. The molecule has 132 valence electrons. The van der Waals surface area contributed by atoms with Gasteiger partial charge in [-0.15, -0.1) is 0 Å². The Morgan fingerprint density at radius 2 is 2.04 bits per heavy atom. The zero-order chi connectivity index (χ0) is 18.1. The summed E-state index contributed by atoms with van der Waals surface area (Å²) in [7, 11) is -3.86. The van der Waals surface area contributed by atoms with E-state index in [1.807, 2.05) is 0 Å². The van der Waals surface area contributed by atoms with Crippen LogP contribution in [0.3, 0.4) is 0 Å². The number of halogens is 1. The molecule has 24 heavy (non-hydrogen) atoms. The van der Waals surface area contributed by atoms with Gasteiger partial charge in [0.15, 0.2) is 14.6 Å². The average molecular weight is 421 g/mol. The summed E-state index contributed by atoms with van der Waals surface area (Å²) < 4.78 is 28.1. The van der Waals surface area contributed by atoms with Gasteiger partial charge in [0.2, 0.25) is 0 Å². The summed E-state index contributed by atoms with van der Waals surface area (Å²) in [5.74, 6) is -1.07. The molecule has 1 aliphatic rings. The summed E-state index contributed by atoms with van der Waals surface area (Å²) in [6, 6.07) is 6.94. The van der Waals surface area contributed by atoms with Gasteiger partial charge < -0.3 is 4.74 Å². The van der Waals surface area contributed by atoms with Gasteiger partial charge in [0, 0.05) is 22.8 Å². The molecule has 0 radical (unpaired) electrons. The molecule has 2 unspecified atom stereocenters. The number of hydrogen-bond acceptors (Lipinski definition) is 6. The third-order valence-electron chi connectivity index (χ3n) is 4.03. The van der Waals surface area contributed by atoms with Crippen molar-refractivity contribution < 1.29 is 28.0 Å². The van der Waals surface area contributed by atoms with E-state index in [0.717, 1.165) is 10.7 Å². The van der Waals surface area contributed by atoms with Crippen LogP contribution in [-0.4, -0.2) is 49.3 Å². The van der Waals surface area contributed by atoms with Gasteiger partial charge in [0.05, 0.1) is 6.54 Å². The number of cyclic esters (lactones) is 1. The molecule has 0 aromatic heterocycles. The molecule has 2 atom stereocenters. The van der Waals surface area contributed by atoms with Crippen molar-refractivity contribution in [1.82, 2.24) is 5.48 Å². The van der Waals surface area contributed by atoms with E-state index in [9.17, 15) is 18.0 Å². The van der Waals surface area contributed by atoms with Crippen molar-refractivity contribution in [2.45, 2.75) is 24.2 Å². The van der Waals surface area contributed by atoms with Crippen LogP contribution in [0.5, 0.6) is 0 Å². The Morgan fingerprint density at radius 3 is 2.54 bits per heavy atom. The topological polar surface area (TPSA) is 113 Å². The monoisotopic (exact) mass is 420 g/mol. The predicted octanol–water partition coefficient (Wildman–Crippen LogP) is 1.47. The maximum Gasteiger partial charge on any atom is 0.414 e. The Bertz CT molecular complexity index is 751. The van der Waals surface area contributed by atoms with E-state index in [-0.39, 0.29) is 13.0 Å². The Labute approximate surface area is 147 Å². The first-order valence-electron chi connectivity index (χ1n) is 6.96. The lowest BCUT2D eigenvalue weighted by Crippen LogP contribution is -2.51. The minimum absolute atomic E-state index is 0.101. The molecule has 8 nitrogen and oxygen atoms in total. The van der Waals surface area contributed by atoms with Crippen molar-refractivity contribution in [3.63, 3.8) is 0 Å². The fourth-order valence-corrected chi connectivity index (χ4v) is 3.56. The molecule has 0 aliphatic carbocycles. The minimum Gasteiger partial charge on any atom is -0.444 e. The van der Waals surface area contributed by atoms with Gasteiger partial charge in [-0.3, -0.25) is 14.9 Å². The van der Waals surface area contributed by atoms with E-state index in [2.05, 4.69) is 15.9 Å². The van der Waals surface area contributed by atoms with E-state index in [4.69, 9.17) is 9.94 Å². The molecular weight excluding hydrogens is 404 g/mol. The highest BCUT2D eigenvalue weighted by Crippen LogP contribution is 2.30. The lowest BCUT2D eigenvalue weighted by atomic mass is 10.0. The van der Waals surface area contributed by atoms with Crippen LogP contribution in [0.25, 0.3) is 0 Å². The number of hydroxylamine groups is 1. The standard InChI is InChI=1S/C14H17BrN2O6S/c1-14(12(18)16-20,24(2,21)22)7-11-8-17(13(19)23-11)10-5-3-9(15)4-6-10/h3-6,11,20H,7-8H2,1-2H3,(H,16,18). The fraction of sp³-hybridized carbons (Fsp3) is 0.429. The van der Waals surface area contributed by atoms with Crippen molar-refractivity contribution >= 4 is 43.5 Å². The molecule has 0 spiro atoms. The molecule has 1 fully saturated rings. The summed E-state index contributed by atoms with van der Waals surface area (Å²) in [5.41, 5.74) is 1.96. The van der Waals surface area contributed by atoms with Crippen LogP contribution in [0.2, 0.25) is 0 Å². The van der Waals surface area contributed by atoms with E-state index in [0.29, 0.717) is 5.69 Å². The number of carbonyl (C=O) groups excluding carboxylic acids is 2. The second-order valence-corrected chi connectivity index (χ2v) is 9.10. The van der Waals surface area contributed by atoms with E-state index in [1.54, 1.807) is 24.3 Å². The number of rotatable bonds is 5. The van der Waals surface area contributed by atoms with Crippen LogP contribution in [0.1, 0.15) is 13.3 Å². The van der Waals surface area contributed by atoms with E-state index < -0.39 is 32.7 Å². The van der Waals surface area contributed by atoms with Crippen LogP contribution < -0.4 is 10.4 Å². The SMILES string of the molecule is CC(CC1CN(c2ccc(Br)cc2)C(=O)O1)(C(=O)NO)S(C)(=O)=O. The quantitative estimate of drug-likeness (QED) is 0.550. The van der Waals surface area contributed by atoms with Crippen LogP contribution in [0.4, 0.5) is 10.5 Å². The average Bonchev–Trinajstić information content (AvgIpc) is 2.86. The van der Waals surface area contributed by atoms with Gasteiger partial charge in [-0.2, -0.15) is 0 Å². The highest BCUT2D eigenvalue weighted by Gasteiger charge is 2.48. The second kappa shape index (κ2) is 6.69. The zero-order valence-electron chi connectivity index (χ0n) is 13.0. The van der Waals surface area contributed by atoms with Crippen LogP contribution in [0, 0.1) is 0 Å². The van der Waals surface area contributed by atoms with E-state index >= 15 is 0 Å². The summed E-state index contributed by atoms with van der Waals surface area (Å²) in [6.45, 7) is 1.29. The van der Waals surface area contributed by atoms with Crippen molar-refractivity contribution in [2.75, 3.05) is 17.7 Å². The Kier molecular flexibility index (Phi) is 5.21. The van der Waals surface area contributed by atoms with Crippen LogP contribution in [-0.2, 0) is 19.4 Å². The molecule has 1 aromatic carbocycles. The third kappa shape index (κ3) is 3.55. The number of nitrogens with zero attached hydrogens (tertiary/aromatic N) is 1. The van der Waals surface area contributed by atoms with Gasteiger partial charge >= 0.3 is 6.09 Å². The first kappa shape index (κ1) is 18.7. The number of amides is 2. The first-order valence-corrected chi connectivity index (χ1v) is 9.65. The minimum atomic E-state index is -3.86. The molecule has 0 saturated carbocycles. The van der Waals surface area contributed by atoms with Gasteiger partial charge in [0.25, 0.3) is 5.91 Å². The van der Waals surface area contributed by atoms with Crippen molar-refractivity contribution in [2.24, 2.45) is 0 Å². The number of ether oxygens (including phenoxy) is 1. The van der Waals surface area contributed by atoms with Crippen molar-refractivity contribution in [3.05, 3.63) is 28.7 Å². The van der Waals surface area contributed by atoms with E-state index in [1.165, 1.54) is 17.3 Å². The molecule has 2 N–H and O–H groups in total. The number of sulfone groups is 1. The predicted molar refractivity (Wildman–Crippen MR) is 89.6 cm³/mol. The third-order valence-corrected chi connectivity index (χ3v) is 6.55. The van der Waals surface area contributed by atoms with Crippen LogP contribution in [0.15, 0.2) is 28.7 Å². The molecule has 1 heterocycles. The molecule has 1 aliphatic heterocycles. The molecule has 2 rings (SSSR count). The number of carbonyl (C=O) groups is 2. The zero-order valence-corrected chi connectivity index (χ0v) is 15.4. The van der Waals surface area contributed by atoms with Crippen molar-refractivity contribution in [3.8, 4) is 0 Å². The van der Waals surface area contributed by atoms with Gasteiger partial charge in [-0.05, 0) is 31.2 Å². The highest BCUT2D eigenvalue weighted by molar-refractivity contribution is 9.10. The smallest absolute Gasteiger partial charge is 0.414 e. The lowest BCUT2D eigenvalue weighted by Gasteiger charge is -2.26. The Morgan fingerprint density at radius 1 is 1.46 bits per heavy atom. The molecule has 1 aromatic rings. The molecular formula is C14H17BrN2O6S. The molecule has 1 saturated heterocycles. The number of anilines is 1. The lowest BCUT2D eigenvalue weighted by molar-refractivity contribution is -0.132. The second-order valence-electron chi connectivity index (χ2n) is 5.74. The summed E-state index contributed by atoms with van der Waals surface area (Å²) in [6.07, 6.45) is -0.802. The first-order chi connectivity index (χ1) is 11.1. The van der Waals surface area contributed by atoms with Gasteiger partial charge in [-0.25, -0.2) is 18.7 Å². The molecule has 0 bridgehead atoms. The van der Waals surface area contributed by atoms with Gasteiger partial charge in [0.1, 0.15) is 6.10 Å². The summed E-state index contributed by atoms with van der Waals surface area (Å²) >= 11 is 3.30. The largest absolute Gasteiger partial charge is 0.444 e. The molecule has 10 heteroatoms. The van der Waals surface area contributed by atoms with Crippen LogP contribution >= 0.6 is 15.9 Å². The fourth-order valence-electron chi connectivity index (χ4n) is 2.42. The highest BCUT2D eigenvalue weighted by atomic mass is 79.9. The number of nitrogens with one attached hydrogen (secondary N) is 1. The Balaban J connectivity index is 2.21. The Hall–Kier alpha value is -1.65. The maximum absolute atomic E-state index is 12.0. The number of hydrogen-bond donors (Lipinski definition) is 2. The summed E-state index contributed by atoms with van der Waals surface area (Å²) in [4.78, 5) is 25.2. The van der Waals surface area contributed by atoms with Gasteiger partial charge in [-0.1, -0.05) is 15.9 Å². The number of benzene rings is 1. The molecule has 2 amide bonds. The van der Waals surface area contributed by atoms with Crippen molar-refractivity contribution in [1.29, 1.82) is 0 Å². The maximum atomic E-state index is 12.0.